The van der Waals surface area contributed by atoms with Gasteiger partial charge in [-0.05, 0) is 31.4 Å². The smallest absolute Gasteiger partial charge is 0.132 e. The maximum absolute atomic E-state index is 9.56. The Bertz CT molecular complexity index is 232. The third-order valence-electron chi connectivity index (χ3n) is 2.10. The van der Waals surface area contributed by atoms with Gasteiger partial charge in [0.25, 0.3) is 0 Å². The highest BCUT2D eigenvalue weighted by Gasteiger charge is 2.10. The summed E-state index contributed by atoms with van der Waals surface area (Å²) in [4.78, 5) is 0. The Labute approximate surface area is 82.8 Å². The minimum Gasteiger partial charge on any atom is -0.467 e. The average molecular weight is 200 g/mol. The van der Waals surface area contributed by atoms with Gasteiger partial charge in [-0.15, -0.1) is 0 Å². The molecule has 2 unspecified atom stereocenters. The Balaban J connectivity index is 2.19. The average Bonchev–Trinajstić information content (AvgIpc) is 2.70. The van der Waals surface area contributed by atoms with Gasteiger partial charge in [0, 0.05) is 0 Å². The Morgan fingerprint density at radius 3 is 2.64 bits per heavy atom. The zero-order valence-corrected chi connectivity index (χ0v) is 7.97. The van der Waals surface area contributed by atoms with Crippen LogP contribution < -0.4 is 0 Å². The van der Waals surface area contributed by atoms with Crippen molar-refractivity contribution in [2.24, 2.45) is 0 Å². The molecule has 0 bridgehead atoms. The van der Waals surface area contributed by atoms with E-state index in [0.717, 1.165) is 0 Å². The molecule has 0 spiro atoms. The number of rotatable bonds is 6. The van der Waals surface area contributed by atoms with Gasteiger partial charge in [0.05, 0.1) is 19.0 Å². The van der Waals surface area contributed by atoms with E-state index in [9.17, 15) is 5.11 Å². The van der Waals surface area contributed by atoms with Crippen LogP contribution >= 0.6 is 0 Å². The van der Waals surface area contributed by atoms with E-state index in [4.69, 9.17) is 14.6 Å². The minimum atomic E-state index is -0.682. The molecule has 1 heterocycles. The normalized spacial score (nSPS) is 15.4. The van der Waals surface area contributed by atoms with E-state index >= 15 is 0 Å². The van der Waals surface area contributed by atoms with E-state index in [1.165, 1.54) is 6.26 Å². The van der Waals surface area contributed by atoms with Gasteiger partial charge in [0.1, 0.15) is 11.9 Å². The first-order valence-electron chi connectivity index (χ1n) is 4.74. The van der Waals surface area contributed by atoms with Crippen LogP contribution in [0.4, 0.5) is 0 Å². The lowest BCUT2D eigenvalue weighted by molar-refractivity contribution is 0.0776. The van der Waals surface area contributed by atoms with Crippen LogP contribution in [0, 0.1) is 0 Å². The first-order valence-corrected chi connectivity index (χ1v) is 4.74. The summed E-state index contributed by atoms with van der Waals surface area (Å²) in [5, 5.41) is 27.2. The number of furan rings is 1. The molecule has 0 fully saturated rings. The molecule has 0 aliphatic heterocycles. The highest BCUT2D eigenvalue weighted by Crippen LogP contribution is 2.19. The van der Waals surface area contributed by atoms with Crippen LogP contribution in [0.2, 0.25) is 0 Å². The SMILES string of the molecule is OCC(O)CCCC(O)c1ccco1. The van der Waals surface area contributed by atoms with E-state index in [0.29, 0.717) is 25.0 Å². The lowest BCUT2D eigenvalue weighted by Gasteiger charge is -2.09. The predicted molar refractivity (Wildman–Crippen MR) is 50.6 cm³/mol. The molecule has 80 valence electrons. The first kappa shape index (κ1) is 11.2. The Morgan fingerprint density at radius 1 is 1.29 bits per heavy atom. The van der Waals surface area contributed by atoms with Crippen LogP contribution in [0.5, 0.6) is 0 Å². The Kier molecular flexibility index (Phi) is 4.65. The van der Waals surface area contributed by atoms with Crippen LogP contribution in [0.15, 0.2) is 22.8 Å². The molecule has 0 aliphatic carbocycles. The molecule has 14 heavy (non-hydrogen) atoms. The standard InChI is InChI=1S/C10H16O4/c11-7-8(12)3-1-4-9(13)10-5-2-6-14-10/h2,5-6,8-9,11-13H,1,3-4,7H2. The monoisotopic (exact) mass is 200 g/mol. The zero-order chi connectivity index (χ0) is 10.4. The summed E-state index contributed by atoms with van der Waals surface area (Å²) in [5.74, 6) is 0.545. The van der Waals surface area contributed by atoms with Gasteiger partial charge >= 0.3 is 0 Å². The van der Waals surface area contributed by atoms with Crippen LogP contribution in [-0.4, -0.2) is 28.0 Å². The summed E-state index contributed by atoms with van der Waals surface area (Å²) in [6.07, 6.45) is 1.90. The van der Waals surface area contributed by atoms with Gasteiger partial charge in [-0.2, -0.15) is 0 Å². The van der Waals surface area contributed by atoms with Gasteiger partial charge in [0.15, 0.2) is 0 Å². The van der Waals surface area contributed by atoms with Crippen molar-refractivity contribution in [2.45, 2.75) is 31.5 Å². The largest absolute Gasteiger partial charge is 0.467 e. The maximum atomic E-state index is 9.56. The van der Waals surface area contributed by atoms with E-state index in [1.54, 1.807) is 12.1 Å². The molecule has 3 N–H and O–H groups in total. The summed E-state index contributed by atoms with van der Waals surface area (Å²) in [6.45, 7) is -0.225. The second kappa shape index (κ2) is 5.80. The molecular weight excluding hydrogens is 184 g/mol. The van der Waals surface area contributed by atoms with Gasteiger partial charge in [0.2, 0.25) is 0 Å². The van der Waals surface area contributed by atoms with Crippen molar-refractivity contribution in [1.29, 1.82) is 0 Å². The van der Waals surface area contributed by atoms with Gasteiger partial charge < -0.3 is 19.7 Å². The molecule has 4 nitrogen and oxygen atoms in total. The van der Waals surface area contributed by atoms with Crippen molar-refractivity contribution in [3.05, 3.63) is 24.2 Å². The molecule has 1 rings (SSSR count). The quantitative estimate of drug-likeness (QED) is 0.636. The zero-order valence-electron chi connectivity index (χ0n) is 7.97. The number of aliphatic hydroxyl groups is 3. The summed E-state index contributed by atoms with van der Waals surface area (Å²) < 4.78 is 5.02. The molecule has 4 heteroatoms. The van der Waals surface area contributed by atoms with Crippen LogP contribution in [0.1, 0.15) is 31.1 Å². The van der Waals surface area contributed by atoms with Gasteiger partial charge in [-0.25, -0.2) is 0 Å². The summed E-state index contributed by atoms with van der Waals surface area (Å²) in [7, 11) is 0. The highest BCUT2D eigenvalue weighted by molar-refractivity contribution is 5.01. The van der Waals surface area contributed by atoms with Crippen molar-refractivity contribution in [3.63, 3.8) is 0 Å². The second-order valence-corrected chi connectivity index (χ2v) is 3.30. The third-order valence-corrected chi connectivity index (χ3v) is 2.10. The molecule has 0 saturated carbocycles. The maximum Gasteiger partial charge on any atom is 0.132 e. The summed E-state index contributed by atoms with van der Waals surface area (Å²) in [6, 6.07) is 3.44. The lowest BCUT2D eigenvalue weighted by Crippen LogP contribution is -2.11. The molecule has 2 atom stereocenters. The Morgan fingerprint density at radius 2 is 2.07 bits per heavy atom. The number of hydrogen-bond donors (Lipinski definition) is 3. The predicted octanol–water partition coefficient (Wildman–Crippen LogP) is 0.837. The van der Waals surface area contributed by atoms with E-state index < -0.39 is 12.2 Å². The van der Waals surface area contributed by atoms with Gasteiger partial charge in [-0.3, -0.25) is 0 Å². The van der Waals surface area contributed by atoms with Gasteiger partial charge in [-0.1, -0.05) is 0 Å². The topological polar surface area (TPSA) is 73.8 Å². The van der Waals surface area contributed by atoms with Crippen molar-refractivity contribution in [3.8, 4) is 0 Å². The fourth-order valence-corrected chi connectivity index (χ4v) is 1.26. The minimum absolute atomic E-state index is 0.225. The summed E-state index contributed by atoms with van der Waals surface area (Å²) in [5.41, 5.74) is 0. The molecule has 0 amide bonds. The van der Waals surface area contributed by atoms with Crippen LogP contribution in [0.3, 0.4) is 0 Å². The first-order chi connectivity index (χ1) is 6.74. The van der Waals surface area contributed by atoms with E-state index in [1.807, 2.05) is 0 Å². The molecule has 0 saturated heterocycles. The molecule has 0 radical (unpaired) electrons. The van der Waals surface area contributed by atoms with E-state index in [-0.39, 0.29) is 6.61 Å². The number of hydrogen-bond acceptors (Lipinski definition) is 4. The fourth-order valence-electron chi connectivity index (χ4n) is 1.26. The molecule has 1 aromatic rings. The van der Waals surface area contributed by atoms with Crippen molar-refractivity contribution in [1.82, 2.24) is 0 Å². The molecule has 1 aromatic heterocycles. The van der Waals surface area contributed by atoms with Crippen molar-refractivity contribution >= 4 is 0 Å². The molecular formula is C10H16O4. The Hall–Kier alpha value is -0.840. The van der Waals surface area contributed by atoms with Crippen molar-refractivity contribution in [2.75, 3.05) is 6.61 Å². The summed E-state index contributed by atoms with van der Waals surface area (Å²) >= 11 is 0. The highest BCUT2D eigenvalue weighted by atomic mass is 16.4. The molecule has 0 aromatic carbocycles. The third kappa shape index (κ3) is 3.49. The van der Waals surface area contributed by atoms with E-state index in [2.05, 4.69) is 0 Å². The fraction of sp³-hybridized carbons (Fsp3) is 0.600. The van der Waals surface area contributed by atoms with Crippen LogP contribution in [0.25, 0.3) is 0 Å². The van der Waals surface area contributed by atoms with Crippen LogP contribution in [-0.2, 0) is 0 Å². The second-order valence-electron chi connectivity index (χ2n) is 3.30. The van der Waals surface area contributed by atoms with Crippen molar-refractivity contribution < 1.29 is 19.7 Å². The lowest BCUT2D eigenvalue weighted by atomic mass is 10.1. The molecule has 0 aliphatic rings. The number of aliphatic hydroxyl groups excluding tert-OH is 3.